The van der Waals surface area contributed by atoms with Crippen LogP contribution in [0.25, 0.3) is 0 Å². The molecule has 0 spiro atoms. The molecule has 162 valence electrons. The van der Waals surface area contributed by atoms with Crippen LogP contribution in [0.1, 0.15) is 24.1 Å². The minimum absolute atomic E-state index is 0.0726. The Morgan fingerprint density at radius 1 is 0.935 bits per heavy atom. The highest BCUT2D eigenvalue weighted by molar-refractivity contribution is 6.30. The molecule has 1 unspecified atom stereocenters. The number of anilines is 1. The van der Waals surface area contributed by atoms with Gasteiger partial charge in [0.1, 0.15) is 0 Å². The quantitative estimate of drug-likeness (QED) is 0.368. The summed E-state index contributed by atoms with van der Waals surface area (Å²) in [7, 11) is 0. The summed E-state index contributed by atoms with van der Waals surface area (Å²) in [4.78, 5) is 14.4. The summed E-state index contributed by atoms with van der Waals surface area (Å²) in [5.41, 5.74) is 3.15. The average molecular weight is 457 g/mol. The van der Waals surface area contributed by atoms with Crippen LogP contribution in [0.3, 0.4) is 0 Å². The number of carbonyl (C=O) groups excluding carboxylic acids is 1. The summed E-state index contributed by atoms with van der Waals surface area (Å²) < 4.78 is 5.21. The van der Waals surface area contributed by atoms with Crippen molar-refractivity contribution in [3.05, 3.63) is 100 Å². The zero-order valence-electron chi connectivity index (χ0n) is 17.4. The summed E-state index contributed by atoms with van der Waals surface area (Å²) in [6, 6.07) is 25.4. The van der Waals surface area contributed by atoms with Gasteiger partial charge in [0.05, 0.1) is 19.2 Å². The van der Waals surface area contributed by atoms with Crippen LogP contribution in [0.2, 0.25) is 10.0 Å². The summed E-state index contributed by atoms with van der Waals surface area (Å²) in [5.74, 6) is -0.236. The van der Waals surface area contributed by atoms with Crippen LogP contribution < -0.4 is 5.32 Å². The molecule has 31 heavy (non-hydrogen) atoms. The normalized spacial score (nSPS) is 11.9. The Labute approximate surface area is 193 Å². The molecule has 6 heteroatoms. The van der Waals surface area contributed by atoms with Crippen molar-refractivity contribution in [3.8, 4) is 0 Å². The predicted octanol–water partition coefficient (Wildman–Crippen LogP) is 6.21. The molecule has 0 aliphatic carbocycles. The monoisotopic (exact) mass is 456 g/mol. The van der Waals surface area contributed by atoms with Gasteiger partial charge in [-0.3, -0.25) is 9.69 Å². The Kier molecular flexibility index (Phi) is 8.77. The topological polar surface area (TPSA) is 41.6 Å². The van der Waals surface area contributed by atoms with Gasteiger partial charge < -0.3 is 10.1 Å². The molecular weight excluding hydrogens is 431 g/mol. The van der Waals surface area contributed by atoms with Crippen LogP contribution in [0.5, 0.6) is 0 Å². The van der Waals surface area contributed by atoms with Crippen LogP contribution in [0.4, 0.5) is 5.69 Å². The van der Waals surface area contributed by atoms with Gasteiger partial charge in [0.15, 0.2) is 0 Å². The largest absolute Gasteiger partial charge is 0.465 e. The van der Waals surface area contributed by atoms with Crippen LogP contribution in [0, 0.1) is 0 Å². The zero-order valence-corrected chi connectivity index (χ0v) is 18.9. The Balaban J connectivity index is 1.84. The molecule has 0 saturated heterocycles. The molecule has 0 aromatic heterocycles. The molecule has 1 N–H and O–H groups in total. The maximum atomic E-state index is 12.3. The number of nitrogens with zero attached hydrogens (tertiary/aromatic N) is 1. The summed E-state index contributed by atoms with van der Waals surface area (Å²) in [6.45, 7) is 3.61. The van der Waals surface area contributed by atoms with Gasteiger partial charge in [-0.2, -0.15) is 0 Å². The van der Waals surface area contributed by atoms with Gasteiger partial charge in [-0.25, -0.2) is 0 Å². The third kappa shape index (κ3) is 7.59. The van der Waals surface area contributed by atoms with E-state index in [0.717, 1.165) is 16.8 Å². The molecule has 3 rings (SSSR count). The van der Waals surface area contributed by atoms with Gasteiger partial charge in [0.2, 0.25) is 0 Å². The van der Waals surface area contributed by atoms with Crippen molar-refractivity contribution in [1.82, 2.24) is 4.90 Å². The molecule has 3 aromatic rings. The molecule has 0 bridgehead atoms. The number of hydrogen-bond donors (Lipinski definition) is 1. The molecule has 1 atom stereocenters. The highest BCUT2D eigenvalue weighted by Gasteiger charge is 2.20. The van der Waals surface area contributed by atoms with E-state index in [9.17, 15) is 4.79 Å². The zero-order chi connectivity index (χ0) is 22.1. The van der Waals surface area contributed by atoms with Crippen molar-refractivity contribution in [1.29, 1.82) is 0 Å². The maximum absolute atomic E-state index is 12.3. The lowest BCUT2D eigenvalue weighted by molar-refractivity contribution is -0.144. The summed E-state index contributed by atoms with van der Waals surface area (Å²) in [5, 5.41) is 4.93. The predicted molar refractivity (Wildman–Crippen MR) is 128 cm³/mol. The van der Waals surface area contributed by atoms with Gasteiger partial charge in [-0.05, 0) is 54.4 Å². The lowest BCUT2D eigenvalue weighted by Gasteiger charge is -2.29. The van der Waals surface area contributed by atoms with Gasteiger partial charge in [0, 0.05) is 28.8 Å². The van der Waals surface area contributed by atoms with Crippen molar-refractivity contribution in [2.45, 2.75) is 19.5 Å². The van der Waals surface area contributed by atoms with E-state index in [1.807, 2.05) is 73.7 Å². The van der Waals surface area contributed by atoms with E-state index in [1.54, 1.807) is 0 Å². The summed E-state index contributed by atoms with van der Waals surface area (Å²) >= 11 is 12.1. The molecule has 0 radical (unpaired) electrons. The molecule has 0 heterocycles. The van der Waals surface area contributed by atoms with E-state index in [0.29, 0.717) is 29.7 Å². The third-order valence-corrected chi connectivity index (χ3v) is 5.31. The van der Waals surface area contributed by atoms with Gasteiger partial charge in [-0.15, -0.1) is 0 Å². The minimum Gasteiger partial charge on any atom is -0.465 e. The number of benzene rings is 3. The van der Waals surface area contributed by atoms with E-state index in [1.165, 1.54) is 0 Å². The number of rotatable bonds is 10. The van der Waals surface area contributed by atoms with Gasteiger partial charge in [-0.1, -0.05) is 65.7 Å². The maximum Gasteiger partial charge on any atom is 0.320 e. The highest BCUT2D eigenvalue weighted by Crippen LogP contribution is 2.24. The van der Waals surface area contributed by atoms with Crippen molar-refractivity contribution in [2.24, 2.45) is 0 Å². The van der Waals surface area contributed by atoms with Crippen molar-refractivity contribution >= 4 is 34.9 Å². The summed E-state index contributed by atoms with van der Waals surface area (Å²) in [6.07, 6.45) is 0. The van der Waals surface area contributed by atoms with Crippen LogP contribution in [-0.4, -0.2) is 30.6 Å². The average Bonchev–Trinajstić information content (AvgIpc) is 2.76. The molecule has 0 aliphatic heterocycles. The molecule has 0 saturated carbocycles. The van der Waals surface area contributed by atoms with Crippen molar-refractivity contribution in [3.63, 3.8) is 0 Å². The van der Waals surface area contributed by atoms with E-state index < -0.39 is 0 Å². The first-order chi connectivity index (χ1) is 15.0. The van der Waals surface area contributed by atoms with Gasteiger partial charge in [0.25, 0.3) is 0 Å². The number of halogens is 2. The highest BCUT2D eigenvalue weighted by atomic mass is 35.5. The molecule has 0 aliphatic rings. The number of nitrogens with one attached hydrogen (secondary N) is 1. The van der Waals surface area contributed by atoms with Crippen LogP contribution >= 0.6 is 23.2 Å². The Morgan fingerprint density at radius 2 is 1.55 bits per heavy atom. The standard InChI is InChI=1S/C25H26Cl2N2O2/c1-2-31-25(30)18-29(16-19-6-4-3-5-7-19)17-24(20-8-10-21(26)11-9-20)28-23-14-12-22(27)13-15-23/h3-15,24,28H,2,16-18H2,1H3. The third-order valence-electron chi connectivity index (χ3n) is 4.81. The smallest absolute Gasteiger partial charge is 0.320 e. The number of ether oxygens (including phenoxy) is 1. The molecule has 0 amide bonds. The molecule has 4 nitrogen and oxygen atoms in total. The van der Waals surface area contributed by atoms with Crippen LogP contribution in [-0.2, 0) is 16.1 Å². The van der Waals surface area contributed by atoms with E-state index in [2.05, 4.69) is 22.3 Å². The Morgan fingerprint density at radius 3 is 2.16 bits per heavy atom. The SMILES string of the molecule is CCOC(=O)CN(Cc1ccccc1)CC(Nc1ccc(Cl)cc1)c1ccc(Cl)cc1. The number of hydrogen-bond acceptors (Lipinski definition) is 4. The fourth-order valence-corrected chi connectivity index (χ4v) is 3.60. The van der Waals surface area contributed by atoms with E-state index in [-0.39, 0.29) is 18.6 Å². The first kappa shape index (κ1) is 23.1. The van der Waals surface area contributed by atoms with E-state index in [4.69, 9.17) is 27.9 Å². The number of carbonyl (C=O) groups is 1. The first-order valence-corrected chi connectivity index (χ1v) is 11.0. The van der Waals surface area contributed by atoms with Crippen LogP contribution in [0.15, 0.2) is 78.9 Å². The van der Waals surface area contributed by atoms with Gasteiger partial charge >= 0.3 is 5.97 Å². The second-order valence-electron chi connectivity index (χ2n) is 7.22. The minimum atomic E-state index is -0.236. The Hall–Kier alpha value is -2.53. The molecular formula is C25H26Cl2N2O2. The fourth-order valence-electron chi connectivity index (χ4n) is 3.35. The number of esters is 1. The lowest BCUT2D eigenvalue weighted by Crippen LogP contribution is -2.36. The Bertz CT molecular complexity index is 948. The molecule has 3 aromatic carbocycles. The van der Waals surface area contributed by atoms with Crippen molar-refractivity contribution in [2.75, 3.05) is 25.0 Å². The molecule has 0 fully saturated rings. The first-order valence-electron chi connectivity index (χ1n) is 10.2. The van der Waals surface area contributed by atoms with Crippen molar-refractivity contribution < 1.29 is 9.53 Å². The second kappa shape index (κ2) is 11.8. The second-order valence-corrected chi connectivity index (χ2v) is 8.09. The van der Waals surface area contributed by atoms with E-state index >= 15 is 0 Å². The lowest BCUT2D eigenvalue weighted by atomic mass is 10.1. The fraction of sp³-hybridized carbons (Fsp3) is 0.240.